The number of rotatable bonds is 3. The first kappa shape index (κ1) is 18.3. The van der Waals surface area contributed by atoms with Gasteiger partial charge in [-0.15, -0.1) is 24.8 Å². The quantitative estimate of drug-likeness (QED) is 0.833. The van der Waals surface area contributed by atoms with E-state index in [2.05, 4.69) is 21.9 Å². The second kappa shape index (κ2) is 9.26. The fraction of sp³-hybridized carbons (Fsp3) is 0.538. The fourth-order valence-electron chi connectivity index (χ4n) is 2.28. The fourth-order valence-corrected chi connectivity index (χ4v) is 2.28. The van der Waals surface area contributed by atoms with Gasteiger partial charge in [-0.2, -0.15) is 0 Å². The van der Waals surface area contributed by atoms with E-state index in [9.17, 15) is 0 Å². The third-order valence-corrected chi connectivity index (χ3v) is 3.26. The first-order valence-corrected chi connectivity index (χ1v) is 6.23. The van der Waals surface area contributed by atoms with Crippen LogP contribution < -0.4 is 10.6 Å². The van der Waals surface area contributed by atoms with E-state index < -0.39 is 0 Å². The van der Waals surface area contributed by atoms with Gasteiger partial charge < -0.3 is 15.7 Å². The third-order valence-electron chi connectivity index (χ3n) is 3.26. The van der Waals surface area contributed by atoms with Crippen LogP contribution in [0.1, 0.15) is 6.42 Å². The first-order valence-electron chi connectivity index (χ1n) is 6.23. The molecule has 0 aromatic heterocycles. The maximum absolute atomic E-state index is 8.95. The van der Waals surface area contributed by atoms with E-state index in [1.54, 1.807) is 0 Å². The molecule has 0 spiro atoms. The number of halogens is 2. The zero-order valence-electron chi connectivity index (χ0n) is 11.0. The average molecular weight is 308 g/mol. The molecular weight excluding hydrogens is 285 g/mol. The molecule has 0 amide bonds. The van der Waals surface area contributed by atoms with Gasteiger partial charge in [0.05, 0.1) is 6.61 Å². The summed E-state index contributed by atoms with van der Waals surface area (Å²) in [6.07, 6.45) is 1.14. The monoisotopic (exact) mass is 307 g/mol. The van der Waals surface area contributed by atoms with Crippen LogP contribution in [0.4, 0.5) is 11.4 Å². The molecule has 0 atom stereocenters. The minimum absolute atomic E-state index is 0. The van der Waals surface area contributed by atoms with Crippen LogP contribution in [0.2, 0.25) is 0 Å². The van der Waals surface area contributed by atoms with Gasteiger partial charge >= 0.3 is 0 Å². The van der Waals surface area contributed by atoms with E-state index in [0.717, 1.165) is 44.8 Å². The number of nitrogen functional groups attached to an aromatic ring is 1. The van der Waals surface area contributed by atoms with Crippen LogP contribution >= 0.6 is 24.8 Å². The van der Waals surface area contributed by atoms with Crippen molar-refractivity contribution >= 4 is 36.2 Å². The molecule has 1 aromatic carbocycles. The van der Waals surface area contributed by atoms with Gasteiger partial charge in [-0.05, 0) is 37.2 Å². The van der Waals surface area contributed by atoms with Gasteiger partial charge in [-0.1, -0.05) is 0 Å². The SMILES string of the molecule is Cl.Cl.Nc1ccc(N2CCCN(CCO)CC2)cc1. The molecule has 0 bridgehead atoms. The molecule has 2 rings (SSSR count). The smallest absolute Gasteiger partial charge is 0.0558 e. The maximum atomic E-state index is 8.95. The molecule has 1 aromatic rings. The number of aliphatic hydroxyl groups excluding tert-OH is 1. The topological polar surface area (TPSA) is 52.7 Å². The second-order valence-electron chi connectivity index (χ2n) is 4.50. The summed E-state index contributed by atoms with van der Waals surface area (Å²) >= 11 is 0. The van der Waals surface area contributed by atoms with Gasteiger partial charge in [0.25, 0.3) is 0 Å². The highest BCUT2D eigenvalue weighted by atomic mass is 35.5. The van der Waals surface area contributed by atoms with Crippen LogP contribution in [0.5, 0.6) is 0 Å². The van der Waals surface area contributed by atoms with Gasteiger partial charge in [0, 0.05) is 37.6 Å². The van der Waals surface area contributed by atoms with E-state index in [0.29, 0.717) is 0 Å². The van der Waals surface area contributed by atoms with E-state index in [1.165, 1.54) is 5.69 Å². The van der Waals surface area contributed by atoms with E-state index in [-0.39, 0.29) is 31.4 Å². The summed E-state index contributed by atoms with van der Waals surface area (Å²) in [6.45, 7) is 5.23. The van der Waals surface area contributed by atoms with Crippen LogP contribution in [0.15, 0.2) is 24.3 Å². The first-order chi connectivity index (χ1) is 8.29. The van der Waals surface area contributed by atoms with Crippen LogP contribution in [0.25, 0.3) is 0 Å². The van der Waals surface area contributed by atoms with Crippen molar-refractivity contribution in [3.8, 4) is 0 Å². The maximum Gasteiger partial charge on any atom is 0.0558 e. The molecule has 0 aliphatic carbocycles. The van der Waals surface area contributed by atoms with Crippen molar-refractivity contribution in [2.45, 2.75) is 6.42 Å². The molecule has 1 heterocycles. The summed E-state index contributed by atoms with van der Waals surface area (Å²) in [7, 11) is 0. The molecule has 0 unspecified atom stereocenters. The Morgan fingerprint density at radius 3 is 2.32 bits per heavy atom. The highest BCUT2D eigenvalue weighted by Gasteiger charge is 2.14. The zero-order valence-corrected chi connectivity index (χ0v) is 12.6. The van der Waals surface area contributed by atoms with Crippen molar-refractivity contribution in [2.24, 2.45) is 0 Å². The molecule has 1 aliphatic rings. The van der Waals surface area contributed by atoms with Crippen LogP contribution in [-0.4, -0.2) is 49.3 Å². The lowest BCUT2D eigenvalue weighted by Gasteiger charge is -2.23. The molecule has 1 aliphatic heterocycles. The molecular formula is C13H23Cl2N3O. The van der Waals surface area contributed by atoms with Gasteiger partial charge in [-0.3, -0.25) is 4.90 Å². The normalized spacial score (nSPS) is 16.2. The Labute approximate surface area is 127 Å². The number of aliphatic hydroxyl groups is 1. The Hall–Kier alpha value is -0.680. The average Bonchev–Trinajstić information content (AvgIpc) is 2.56. The van der Waals surface area contributed by atoms with Crippen LogP contribution in [0, 0.1) is 0 Å². The van der Waals surface area contributed by atoms with Crippen molar-refractivity contribution in [3.05, 3.63) is 24.3 Å². The number of hydrogen-bond donors (Lipinski definition) is 2. The number of hydrogen-bond acceptors (Lipinski definition) is 4. The minimum atomic E-state index is 0. The van der Waals surface area contributed by atoms with Gasteiger partial charge in [0.2, 0.25) is 0 Å². The Bertz CT molecular complexity index is 348. The summed E-state index contributed by atoms with van der Waals surface area (Å²) in [5.41, 5.74) is 7.75. The molecule has 4 nitrogen and oxygen atoms in total. The highest BCUT2D eigenvalue weighted by Crippen LogP contribution is 2.18. The Kier molecular flexibility index (Phi) is 8.93. The summed E-state index contributed by atoms with van der Waals surface area (Å²) in [4.78, 5) is 4.70. The lowest BCUT2D eigenvalue weighted by Crippen LogP contribution is -2.32. The van der Waals surface area contributed by atoms with E-state index in [1.807, 2.05) is 12.1 Å². The lowest BCUT2D eigenvalue weighted by atomic mass is 10.2. The number of benzene rings is 1. The molecule has 3 N–H and O–H groups in total. The summed E-state index contributed by atoms with van der Waals surface area (Å²) in [5.74, 6) is 0. The number of nitrogens with two attached hydrogens (primary N) is 1. The second-order valence-corrected chi connectivity index (χ2v) is 4.50. The summed E-state index contributed by atoms with van der Waals surface area (Å²) in [5, 5.41) is 8.95. The van der Waals surface area contributed by atoms with Crippen molar-refractivity contribution in [2.75, 3.05) is 50.0 Å². The largest absolute Gasteiger partial charge is 0.399 e. The number of β-amino-alcohol motifs (C(OH)–C–C–N with tert-alkyl or cyclic N) is 1. The van der Waals surface area contributed by atoms with Crippen LogP contribution in [-0.2, 0) is 0 Å². The highest BCUT2D eigenvalue weighted by molar-refractivity contribution is 5.85. The van der Waals surface area contributed by atoms with Crippen molar-refractivity contribution in [3.63, 3.8) is 0 Å². The Morgan fingerprint density at radius 2 is 1.68 bits per heavy atom. The van der Waals surface area contributed by atoms with Gasteiger partial charge in [0.15, 0.2) is 0 Å². The Morgan fingerprint density at radius 1 is 1.00 bits per heavy atom. The molecule has 110 valence electrons. The van der Waals surface area contributed by atoms with Crippen molar-refractivity contribution in [1.29, 1.82) is 0 Å². The Balaban J connectivity index is 0.00000162. The summed E-state index contributed by atoms with van der Waals surface area (Å²) in [6, 6.07) is 8.06. The van der Waals surface area contributed by atoms with E-state index >= 15 is 0 Å². The van der Waals surface area contributed by atoms with Crippen molar-refractivity contribution in [1.82, 2.24) is 4.90 Å². The zero-order chi connectivity index (χ0) is 12.1. The summed E-state index contributed by atoms with van der Waals surface area (Å²) < 4.78 is 0. The molecule has 1 fully saturated rings. The minimum Gasteiger partial charge on any atom is -0.399 e. The molecule has 1 saturated heterocycles. The predicted molar refractivity (Wildman–Crippen MR) is 85.7 cm³/mol. The van der Waals surface area contributed by atoms with E-state index in [4.69, 9.17) is 10.8 Å². The molecule has 0 radical (unpaired) electrons. The van der Waals surface area contributed by atoms with Crippen molar-refractivity contribution < 1.29 is 5.11 Å². The van der Waals surface area contributed by atoms with Gasteiger partial charge in [-0.25, -0.2) is 0 Å². The predicted octanol–water partition coefficient (Wildman–Crippen LogP) is 1.62. The number of nitrogens with zero attached hydrogens (tertiary/aromatic N) is 2. The standard InChI is InChI=1S/C13H21N3O.2ClH/c14-12-2-4-13(5-3-12)16-7-1-6-15(8-9-16)10-11-17;;/h2-5,17H,1,6-11,14H2;2*1H. The third kappa shape index (κ3) is 5.45. The molecule has 0 saturated carbocycles. The van der Waals surface area contributed by atoms with Crippen LogP contribution in [0.3, 0.4) is 0 Å². The molecule has 19 heavy (non-hydrogen) atoms. The van der Waals surface area contributed by atoms with Gasteiger partial charge in [0.1, 0.15) is 0 Å². The molecule has 6 heteroatoms. The number of anilines is 2. The lowest BCUT2D eigenvalue weighted by molar-refractivity contribution is 0.204.